The molecule has 0 atom stereocenters. The second-order valence-corrected chi connectivity index (χ2v) is 5.66. The lowest BCUT2D eigenvalue weighted by molar-refractivity contribution is -0.134. The Balaban J connectivity index is 0.00000220. The molecule has 1 aromatic rings. The molecule has 1 amide bonds. The van der Waals surface area contributed by atoms with Crippen LogP contribution in [0, 0.1) is 0 Å². The van der Waals surface area contributed by atoms with E-state index in [-0.39, 0.29) is 24.9 Å². The SMILES string of the molecule is CN(C(=O)COc1ccc(Cl)c(Cl)c1)C1CCNCC1.Cl. The summed E-state index contributed by atoms with van der Waals surface area (Å²) in [5, 5.41) is 4.17. The smallest absolute Gasteiger partial charge is 0.260 e. The predicted molar refractivity (Wildman–Crippen MR) is 87.9 cm³/mol. The van der Waals surface area contributed by atoms with Gasteiger partial charge in [-0.1, -0.05) is 23.2 Å². The van der Waals surface area contributed by atoms with Gasteiger partial charge in [0.25, 0.3) is 5.91 Å². The number of rotatable bonds is 4. The number of halogens is 3. The first-order valence-corrected chi connectivity index (χ1v) is 7.38. The number of nitrogens with zero attached hydrogens (tertiary/aromatic N) is 1. The molecule has 0 radical (unpaired) electrons. The fourth-order valence-corrected chi connectivity index (χ4v) is 2.50. The monoisotopic (exact) mass is 352 g/mol. The van der Waals surface area contributed by atoms with Gasteiger partial charge in [0.05, 0.1) is 10.0 Å². The van der Waals surface area contributed by atoms with Crippen molar-refractivity contribution in [1.82, 2.24) is 10.2 Å². The van der Waals surface area contributed by atoms with Crippen LogP contribution in [0.5, 0.6) is 5.75 Å². The molecule has 118 valence electrons. The zero-order valence-electron chi connectivity index (χ0n) is 11.8. The number of hydrogen-bond acceptors (Lipinski definition) is 3. The number of nitrogens with one attached hydrogen (secondary N) is 1. The Bertz CT molecular complexity index is 479. The van der Waals surface area contributed by atoms with Crippen LogP contribution in [0.25, 0.3) is 0 Å². The van der Waals surface area contributed by atoms with Crippen molar-refractivity contribution in [2.45, 2.75) is 18.9 Å². The fraction of sp³-hybridized carbons (Fsp3) is 0.500. The molecule has 1 N–H and O–H groups in total. The molecule has 0 unspecified atom stereocenters. The highest BCUT2D eigenvalue weighted by Gasteiger charge is 2.22. The standard InChI is InChI=1S/C14H18Cl2N2O2.ClH/c1-18(10-4-6-17-7-5-10)14(19)9-20-11-2-3-12(15)13(16)8-11;/h2-3,8,10,17H,4-7,9H2,1H3;1H. The lowest BCUT2D eigenvalue weighted by Crippen LogP contribution is -2.45. The van der Waals surface area contributed by atoms with Crippen molar-refractivity contribution in [1.29, 1.82) is 0 Å². The summed E-state index contributed by atoms with van der Waals surface area (Å²) in [5.74, 6) is 0.523. The molecule has 4 nitrogen and oxygen atoms in total. The predicted octanol–water partition coefficient (Wildman–Crippen LogP) is 3.00. The van der Waals surface area contributed by atoms with Gasteiger partial charge in [-0.3, -0.25) is 4.79 Å². The molecule has 1 saturated heterocycles. The molecular weight excluding hydrogens is 335 g/mol. The molecule has 0 spiro atoms. The van der Waals surface area contributed by atoms with E-state index in [9.17, 15) is 4.79 Å². The molecule has 7 heteroatoms. The first kappa shape index (κ1) is 18.4. The van der Waals surface area contributed by atoms with Gasteiger partial charge in [0, 0.05) is 19.2 Å². The van der Waals surface area contributed by atoms with Gasteiger partial charge >= 0.3 is 0 Å². The lowest BCUT2D eigenvalue weighted by atomic mass is 10.1. The molecule has 1 aliphatic heterocycles. The third kappa shape index (κ3) is 5.22. The van der Waals surface area contributed by atoms with E-state index in [2.05, 4.69) is 5.32 Å². The summed E-state index contributed by atoms with van der Waals surface area (Å²) in [6, 6.07) is 5.26. The highest BCUT2D eigenvalue weighted by molar-refractivity contribution is 6.42. The average molecular weight is 354 g/mol. The van der Waals surface area contributed by atoms with E-state index in [0.29, 0.717) is 21.8 Å². The van der Waals surface area contributed by atoms with Crippen molar-refractivity contribution in [3.63, 3.8) is 0 Å². The van der Waals surface area contributed by atoms with Crippen LogP contribution in [-0.2, 0) is 4.79 Å². The van der Waals surface area contributed by atoms with Crippen LogP contribution in [0.2, 0.25) is 10.0 Å². The maximum absolute atomic E-state index is 12.1. The Morgan fingerprint density at radius 3 is 2.62 bits per heavy atom. The molecule has 1 aromatic carbocycles. The van der Waals surface area contributed by atoms with E-state index in [1.807, 2.05) is 7.05 Å². The van der Waals surface area contributed by atoms with Gasteiger partial charge in [-0.15, -0.1) is 12.4 Å². The Morgan fingerprint density at radius 1 is 1.33 bits per heavy atom. The van der Waals surface area contributed by atoms with Crippen LogP contribution in [0.4, 0.5) is 0 Å². The molecule has 1 heterocycles. The van der Waals surface area contributed by atoms with Crippen LogP contribution in [0.3, 0.4) is 0 Å². The van der Waals surface area contributed by atoms with E-state index in [4.69, 9.17) is 27.9 Å². The van der Waals surface area contributed by atoms with Crippen LogP contribution in [0.15, 0.2) is 18.2 Å². The maximum Gasteiger partial charge on any atom is 0.260 e. The number of carbonyl (C=O) groups excluding carboxylic acids is 1. The van der Waals surface area contributed by atoms with Gasteiger partial charge in [-0.2, -0.15) is 0 Å². The van der Waals surface area contributed by atoms with Crippen molar-refractivity contribution >= 4 is 41.5 Å². The van der Waals surface area contributed by atoms with Crippen molar-refractivity contribution in [3.05, 3.63) is 28.2 Å². The molecule has 0 bridgehead atoms. The summed E-state index contributed by atoms with van der Waals surface area (Å²) >= 11 is 11.7. The van der Waals surface area contributed by atoms with Crippen molar-refractivity contribution < 1.29 is 9.53 Å². The topological polar surface area (TPSA) is 41.6 Å². The average Bonchev–Trinajstić information content (AvgIpc) is 2.48. The second-order valence-electron chi connectivity index (χ2n) is 4.85. The molecule has 1 aliphatic rings. The van der Waals surface area contributed by atoms with Crippen molar-refractivity contribution in [2.24, 2.45) is 0 Å². The lowest BCUT2D eigenvalue weighted by Gasteiger charge is -2.31. The largest absolute Gasteiger partial charge is 0.484 e. The summed E-state index contributed by atoms with van der Waals surface area (Å²) in [7, 11) is 1.83. The van der Waals surface area contributed by atoms with Crippen LogP contribution < -0.4 is 10.1 Å². The van der Waals surface area contributed by atoms with Gasteiger partial charge in [-0.05, 0) is 38.1 Å². The summed E-state index contributed by atoms with van der Waals surface area (Å²) in [6.45, 7) is 1.92. The minimum absolute atomic E-state index is 0. The van der Waals surface area contributed by atoms with Crippen LogP contribution >= 0.6 is 35.6 Å². The Hall–Kier alpha value is -0.680. The Morgan fingerprint density at radius 2 is 2.00 bits per heavy atom. The number of ether oxygens (including phenoxy) is 1. The van der Waals surface area contributed by atoms with Crippen molar-refractivity contribution in [3.8, 4) is 5.75 Å². The third-order valence-electron chi connectivity index (χ3n) is 3.50. The fourth-order valence-electron chi connectivity index (χ4n) is 2.21. The van der Waals surface area contributed by atoms with Crippen LogP contribution in [0.1, 0.15) is 12.8 Å². The Labute approximate surface area is 141 Å². The molecule has 2 rings (SSSR count). The second kappa shape index (κ2) is 8.69. The number of benzene rings is 1. The summed E-state index contributed by atoms with van der Waals surface area (Å²) < 4.78 is 5.47. The quantitative estimate of drug-likeness (QED) is 0.905. The zero-order chi connectivity index (χ0) is 14.5. The Kier molecular flexibility index (Phi) is 7.60. The van der Waals surface area contributed by atoms with E-state index in [1.165, 1.54) is 0 Å². The molecule has 0 saturated carbocycles. The summed E-state index contributed by atoms with van der Waals surface area (Å²) in [6.07, 6.45) is 1.96. The molecule has 21 heavy (non-hydrogen) atoms. The highest BCUT2D eigenvalue weighted by Crippen LogP contribution is 2.26. The minimum Gasteiger partial charge on any atom is -0.484 e. The minimum atomic E-state index is -0.0250. The molecule has 0 aromatic heterocycles. The van der Waals surface area contributed by atoms with E-state index >= 15 is 0 Å². The van der Waals surface area contributed by atoms with E-state index < -0.39 is 0 Å². The maximum atomic E-state index is 12.1. The third-order valence-corrected chi connectivity index (χ3v) is 4.24. The summed E-state index contributed by atoms with van der Waals surface area (Å²) in [4.78, 5) is 13.9. The first-order valence-electron chi connectivity index (χ1n) is 6.62. The number of amides is 1. The summed E-state index contributed by atoms with van der Waals surface area (Å²) in [5.41, 5.74) is 0. The number of carbonyl (C=O) groups is 1. The normalized spacial score (nSPS) is 15.2. The zero-order valence-corrected chi connectivity index (χ0v) is 14.1. The van der Waals surface area contributed by atoms with Gasteiger partial charge in [0.1, 0.15) is 5.75 Å². The van der Waals surface area contributed by atoms with Crippen molar-refractivity contribution in [2.75, 3.05) is 26.7 Å². The van der Waals surface area contributed by atoms with E-state index in [0.717, 1.165) is 25.9 Å². The molecular formula is C14H19Cl3N2O2. The first-order chi connectivity index (χ1) is 9.58. The number of likely N-dealkylation sites (N-methyl/N-ethyl adjacent to an activating group) is 1. The number of piperidine rings is 1. The van der Waals surface area contributed by atoms with Gasteiger partial charge in [0.15, 0.2) is 6.61 Å². The van der Waals surface area contributed by atoms with Gasteiger partial charge < -0.3 is 15.0 Å². The van der Waals surface area contributed by atoms with E-state index in [1.54, 1.807) is 23.1 Å². The molecule has 0 aliphatic carbocycles. The number of hydrogen-bond donors (Lipinski definition) is 1. The van der Waals surface area contributed by atoms with Gasteiger partial charge in [-0.25, -0.2) is 0 Å². The molecule has 1 fully saturated rings. The van der Waals surface area contributed by atoms with Crippen LogP contribution in [-0.4, -0.2) is 43.6 Å². The van der Waals surface area contributed by atoms with Gasteiger partial charge in [0.2, 0.25) is 0 Å². The highest BCUT2D eigenvalue weighted by atomic mass is 35.5.